The highest BCUT2D eigenvalue weighted by atomic mass is 16.5. The van der Waals surface area contributed by atoms with E-state index in [1.807, 2.05) is 113 Å². The van der Waals surface area contributed by atoms with Crippen molar-refractivity contribution >= 4 is 34.4 Å². The summed E-state index contributed by atoms with van der Waals surface area (Å²) in [6.07, 6.45) is 4.64. The molecule has 0 aliphatic carbocycles. The zero-order chi connectivity index (χ0) is 32.3. The van der Waals surface area contributed by atoms with E-state index in [9.17, 15) is 4.79 Å². The number of azo groups is 2. The van der Waals surface area contributed by atoms with Crippen molar-refractivity contribution in [3.05, 3.63) is 77.9 Å². The van der Waals surface area contributed by atoms with E-state index in [1.165, 1.54) is 24.8 Å². The molecule has 0 bridgehead atoms. The molecule has 0 atom stereocenters. The first-order valence-electron chi connectivity index (χ1n) is 15.5. The summed E-state index contributed by atoms with van der Waals surface area (Å²) in [4.78, 5) is 14.2. The van der Waals surface area contributed by atoms with Crippen molar-refractivity contribution in [2.24, 2.45) is 25.9 Å². The summed E-state index contributed by atoms with van der Waals surface area (Å²) < 4.78 is 5.44. The topological polar surface area (TPSA) is 79.0 Å². The highest BCUT2D eigenvalue weighted by Crippen LogP contribution is 2.28. The molecule has 0 N–H and O–H groups in total. The highest BCUT2D eigenvalue weighted by Gasteiger charge is 2.26. The number of esters is 1. The second kappa shape index (κ2) is 20.1. The molecular weight excluding hydrogens is 534 g/mol. The molecule has 234 valence electrons. The minimum absolute atomic E-state index is 0.160. The van der Waals surface area contributed by atoms with Crippen LogP contribution in [-0.2, 0) is 9.53 Å². The van der Waals surface area contributed by atoms with Crippen LogP contribution in [0.15, 0.2) is 87.2 Å². The Labute approximate surface area is 260 Å². The van der Waals surface area contributed by atoms with Gasteiger partial charge in [-0.05, 0) is 94.3 Å². The predicted molar refractivity (Wildman–Crippen MR) is 182 cm³/mol. The standard InChI is InChI=1S/C29H35N5O2.C4H10.C3H8/c1-7-29(4,5)28(35)36-19-18-34(6)26-15-12-24(13-16-26)31-33-27-17-14-25(20-22(27)3)32-30-23-10-8-21(2)9-11-23;1-3-4-2;1-3-2/h8-17,20H,7,18-19H2,1-6H3;3-4H2,1-2H3;3H2,1-2H3. The number of carbonyl (C=O) groups is 1. The number of benzene rings is 3. The van der Waals surface area contributed by atoms with Crippen LogP contribution in [0.2, 0.25) is 0 Å². The maximum absolute atomic E-state index is 12.1. The van der Waals surface area contributed by atoms with Crippen molar-refractivity contribution in [2.45, 2.75) is 88.0 Å². The zero-order valence-electron chi connectivity index (χ0n) is 28.1. The van der Waals surface area contributed by atoms with Gasteiger partial charge in [-0.2, -0.15) is 20.5 Å². The summed E-state index contributed by atoms with van der Waals surface area (Å²) in [6.45, 7) is 19.4. The van der Waals surface area contributed by atoms with Gasteiger partial charge < -0.3 is 9.64 Å². The molecule has 0 heterocycles. The lowest BCUT2D eigenvalue weighted by atomic mass is 9.91. The summed E-state index contributed by atoms with van der Waals surface area (Å²) >= 11 is 0. The molecule has 0 unspecified atom stereocenters. The van der Waals surface area contributed by atoms with E-state index in [0.717, 1.165) is 40.4 Å². The van der Waals surface area contributed by atoms with Crippen molar-refractivity contribution < 1.29 is 9.53 Å². The molecule has 0 radical (unpaired) electrons. The second-order valence-electron chi connectivity index (χ2n) is 11.2. The van der Waals surface area contributed by atoms with Gasteiger partial charge in [0.05, 0.1) is 34.7 Å². The molecule has 3 aromatic rings. The minimum Gasteiger partial charge on any atom is -0.463 e. The van der Waals surface area contributed by atoms with Gasteiger partial charge in [0.1, 0.15) is 6.61 Å². The van der Waals surface area contributed by atoms with Gasteiger partial charge in [-0.3, -0.25) is 4.79 Å². The number of carbonyl (C=O) groups excluding carboxylic acids is 1. The Bertz CT molecular complexity index is 1260. The first-order valence-corrected chi connectivity index (χ1v) is 15.5. The Morgan fingerprint density at radius 3 is 1.74 bits per heavy atom. The molecule has 0 spiro atoms. The third-order valence-corrected chi connectivity index (χ3v) is 6.66. The lowest BCUT2D eigenvalue weighted by molar-refractivity contribution is -0.153. The fourth-order valence-corrected chi connectivity index (χ4v) is 3.17. The Morgan fingerprint density at radius 1 is 0.744 bits per heavy atom. The molecular formula is C36H53N5O2. The van der Waals surface area contributed by atoms with E-state index in [0.29, 0.717) is 13.2 Å². The molecule has 0 saturated carbocycles. The SMILES string of the molecule is CCC.CCC(C)(C)C(=O)OCCN(C)c1ccc(N=Nc2ccc(N=Nc3ccc(C)cc3)cc2C)cc1.CCCC. The summed E-state index contributed by atoms with van der Waals surface area (Å²) in [5, 5.41) is 17.4. The maximum Gasteiger partial charge on any atom is 0.311 e. The van der Waals surface area contributed by atoms with Gasteiger partial charge in [0, 0.05) is 12.7 Å². The number of likely N-dealkylation sites (N-methyl/N-ethyl adjacent to an activating group) is 1. The van der Waals surface area contributed by atoms with Gasteiger partial charge >= 0.3 is 5.97 Å². The van der Waals surface area contributed by atoms with Crippen LogP contribution in [0.4, 0.5) is 28.4 Å². The Kier molecular flexibility index (Phi) is 17.4. The Balaban J connectivity index is 0.00000119. The van der Waals surface area contributed by atoms with Crippen molar-refractivity contribution in [1.29, 1.82) is 0 Å². The number of ether oxygens (including phenoxy) is 1. The molecule has 3 rings (SSSR count). The van der Waals surface area contributed by atoms with E-state index < -0.39 is 5.41 Å². The molecule has 0 aliphatic rings. The van der Waals surface area contributed by atoms with Crippen LogP contribution in [0.3, 0.4) is 0 Å². The van der Waals surface area contributed by atoms with Crippen LogP contribution in [0.25, 0.3) is 0 Å². The number of unbranched alkanes of at least 4 members (excludes halogenated alkanes) is 1. The number of hydrogen-bond acceptors (Lipinski definition) is 7. The number of hydrogen-bond donors (Lipinski definition) is 0. The van der Waals surface area contributed by atoms with Crippen molar-refractivity contribution in [3.8, 4) is 0 Å². The molecule has 0 saturated heterocycles. The molecule has 0 aliphatic heterocycles. The molecule has 43 heavy (non-hydrogen) atoms. The van der Waals surface area contributed by atoms with E-state index in [-0.39, 0.29) is 5.97 Å². The lowest BCUT2D eigenvalue weighted by Crippen LogP contribution is -2.30. The number of anilines is 1. The second-order valence-corrected chi connectivity index (χ2v) is 11.2. The first kappa shape index (κ1) is 37.2. The zero-order valence-corrected chi connectivity index (χ0v) is 28.1. The summed E-state index contributed by atoms with van der Waals surface area (Å²) in [5.74, 6) is -0.160. The average Bonchev–Trinajstić information content (AvgIpc) is 3.01. The number of aryl methyl sites for hydroxylation is 2. The fourth-order valence-electron chi connectivity index (χ4n) is 3.17. The van der Waals surface area contributed by atoms with Crippen molar-refractivity contribution in [3.63, 3.8) is 0 Å². The molecule has 3 aromatic carbocycles. The smallest absolute Gasteiger partial charge is 0.311 e. The van der Waals surface area contributed by atoms with Crippen LogP contribution in [0.5, 0.6) is 0 Å². The van der Waals surface area contributed by atoms with Gasteiger partial charge in [-0.1, -0.05) is 71.6 Å². The Hall–Kier alpha value is -3.87. The van der Waals surface area contributed by atoms with Crippen LogP contribution in [-0.4, -0.2) is 26.2 Å². The molecule has 7 nitrogen and oxygen atoms in total. The van der Waals surface area contributed by atoms with Crippen LogP contribution >= 0.6 is 0 Å². The number of nitrogens with zero attached hydrogens (tertiary/aromatic N) is 5. The van der Waals surface area contributed by atoms with Gasteiger partial charge in [0.15, 0.2) is 0 Å². The monoisotopic (exact) mass is 587 g/mol. The van der Waals surface area contributed by atoms with E-state index in [2.05, 4.69) is 48.2 Å². The molecule has 0 aromatic heterocycles. The maximum atomic E-state index is 12.1. The lowest BCUT2D eigenvalue weighted by Gasteiger charge is -2.23. The van der Waals surface area contributed by atoms with Gasteiger partial charge in [-0.15, -0.1) is 0 Å². The Morgan fingerprint density at radius 2 is 1.23 bits per heavy atom. The third kappa shape index (κ3) is 14.2. The van der Waals surface area contributed by atoms with E-state index >= 15 is 0 Å². The van der Waals surface area contributed by atoms with Crippen LogP contribution in [0, 0.1) is 19.3 Å². The van der Waals surface area contributed by atoms with Crippen LogP contribution in [0.1, 0.15) is 85.3 Å². The highest BCUT2D eigenvalue weighted by molar-refractivity contribution is 5.75. The predicted octanol–water partition coefficient (Wildman–Crippen LogP) is 11.8. The van der Waals surface area contributed by atoms with Crippen LogP contribution < -0.4 is 4.90 Å². The van der Waals surface area contributed by atoms with Crippen molar-refractivity contribution in [1.82, 2.24) is 0 Å². The van der Waals surface area contributed by atoms with Gasteiger partial charge in [-0.25, -0.2) is 0 Å². The minimum atomic E-state index is -0.449. The summed E-state index contributed by atoms with van der Waals surface area (Å²) in [7, 11) is 1.97. The first-order chi connectivity index (χ1) is 20.5. The average molecular weight is 588 g/mol. The van der Waals surface area contributed by atoms with Gasteiger partial charge in [0.2, 0.25) is 0 Å². The quantitative estimate of drug-likeness (QED) is 0.165. The molecule has 0 fully saturated rings. The molecule has 0 amide bonds. The van der Waals surface area contributed by atoms with E-state index in [1.54, 1.807) is 0 Å². The fraction of sp³-hybridized carbons (Fsp3) is 0.472. The third-order valence-electron chi connectivity index (χ3n) is 6.66. The largest absolute Gasteiger partial charge is 0.463 e. The summed E-state index contributed by atoms with van der Waals surface area (Å²) in [5.41, 5.74) is 5.84. The number of rotatable bonds is 11. The molecule has 7 heteroatoms. The summed E-state index contributed by atoms with van der Waals surface area (Å²) in [6, 6.07) is 21.4. The van der Waals surface area contributed by atoms with Crippen molar-refractivity contribution in [2.75, 3.05) is 25.1 Å². The van der Waals surface area contributed by atoms with E-state index in [4.69, 9.17) is 4.74 Å². The van der Waals surface area contributed by atoms with Gasteiger partial charge in [0.25, 0.3) is 0 Å². The normalized spacial score (nSPS) is 11.0.